The molecular weight excluding hydrogens is 252 g/mol. The number of methoxy groups -OCH3 is 1. The van der Waals surface area contributed by atoms with E-state index in [0.29, 0.717) is 5.75 Å². The zero-order chi connectivity index (χ0) is 14.1. The van der Waals surface area contributed by atoms with Gasteiger partial charge in [-0.05, 0) is 36.2 Å². The Bertz CT molecular complexity index is 823. The number of nitrogens with one attached hydrogen (secondary N) is 1. The van der Waals surface area contributed by atoms with Crippen LogP contribution in [0.25, 0.3) is 22.0 Å². The average molecular weight is 266 g/mol. The third kappa shape index (κ3) is 2.05. The molecule has 0 fully saturated rings. The van der Waals surface area contributed by atoms with Crippen LogP contribution in [-0.2, 0) is 0 Å². The van der Waals surface area contributed by atoms with Crippen LogP contribution in [0.1, 0.15) is 5.56 Å². The van der Waals surface area contributed by atoms with Crippen LogP contribution in [0, 0.1) is 6.92 Å². The highest BCUT2D eigenvalue weighted by Gasteiger charge is 2.09. The van der Waals surface area contributed by atoms with Crippen molar-refractivity contribution in [2.45, 2.75) is 6.92 Å². The highest BCUT2D eigenvalue weighted by molar-refractivity contribution is 5.91. The van der Waals surface area contributed by atoms with Crippen LogP contribution in [-0.4, -0.2) is 17.1 Å². The summed E-state index contributed by atoms with van der Waals surface area (Å²) in [6, 6.07) is 9.43. The van der Waals surface area contributed by atoms with E-state index in [4.69, 9.17) is 4.74 Å². The van der Waals surface area contributed by atoms with Gasteiger partial charge in [0.25, 0.3) is 0 Å². The molecule has 0 bridgehead atoms. The Morgan fingerprint density at radius 1 is 1.20 bits per heavy atom. The van der Waals surface area contributed by atoms with Crippen molar-refractivity contribution < 1.29 is 4.74 Å². The van der Waals surface area contributed by atoms with Gasteiger partial charge >= 0.3 is 0 Å². The van der Waals surface area contributed by atoms with Crippen LogP contribution in [0.4, 0.5) is 0 Å². The summed E-state index contributed by atoms with van der Waals surface area (Å²) in [6.07, 6.45) is 3.55. The van der Waals surface area contributed by atoms with Crippen LogP contribution in [0.5, 0.6) is 5.75 Å². The van der Waals surface area contributed by atoms with E-state index in [1.165, 1.54) is 0 Å². The second kappa shape index (κ2) is 4.81. The molecule has 3 rings (SSSR count). The van der Waals surface area contributed by atoms with Crippen LogP contribution in [0.15, 0.2) is 47.5 Å². The van der Waals surface area contributed by atoms with Crippen LogP contribution >= 0.6 is 0 Å². The normalized spacial score (nSPS) is 10.7. The molecule has 4 heteroatoms. The predicted octanol–water partition coefficient (Wildman–Crippen LogP) is 2.91. The van der Waals surface area contributed by atoms with Crippen LogP contribution in [0.3, 0.4) is 0 Å². The molecule has 0 saturated carbocycles. The van der Waals surface area contributed by atoms with Crippen molar-refractivity contribution in [2.75, 3.05) is 7.11 Å². The Balaban J connectivity index is 2.35. The number of nitrogens with zero attached hydrogens (tertiary/aromatic N) is 1. The molecule has 0 radical (unpaired) electrons. The molecule has 0 aliphatic carbocycles. The molecular formula is C16H14N2O2. The summed E-state index contributed by atoms with van der Waals surface area (Å²) in [5.74, 6) is 0.655. The number of fused-ring (bicyclic) bond motifs is 1. The molecule has 0 amide bonds. The number of H-pyrrole nitrogens is 1. The maximum absolute atomic E-state index is 11.6. The molecule has 2 aromatic heterocycles. The van der Waals surface area contributed by atoms with Gasteiger partial charge in [0.1, 0.15) is 5.75 Å². The second-order valence-corrected chi connectivity index (χ2v) is 4.66. The summed E-state index contributed by atoms with van der Waals surface area (Å²) >= 11 is 0. The molecule has 20 heavy (non-hydrogen) atoms. The number of aryl methyl sites for hydroxylation is 1. The van der Waals surface area contributed by atoms with Crippen molar-refractivity contribution in [3.63, 3.8) is 0 Å². The minimum absolute atomic E-state index is 0.123. The van der Waals surface area contributed by atoms with E-state index in [2.05, 4.69) is 9.97 Å². The Morgan fingerprint density at radius 3 is 2.75 bits per heavy atom. The fraction of sp³-hybridized carbons (Fsp3) is 0.125. The summed E-state index contributed by atoms with van der Waals surface area (Å²) in [5, 5.41) is 0.975. The molecule has 2 heterocycles. The van der Waals surface area contributed by atoms with Crippen molar-refractivity contribution in [1.82, 2.24) is 9.97 Å². The van der Waals surface area contributed by atoms with Crippen molar-refractivity contribution in [2.24, 2.45) is 0 Å². The Hall–Kier alpha value is -2.62. The largest absolute Gasteiger partial charge is 0.495 e. The monoisotopic (exact) mass is 266 g/mol. The van der Waals surface area contributed by atoms with Crippen molar-refractivity contribution in [3.8, 4) is 16.9 Å². The number of rotatable bonds is 2. The zero-order valence-electron chi connectivity index (χ0n) is 11.3. The highest BCUT2D eigenvalue weighted by atomic mass is 16.5. The van der Waals surface area contributed by atoms with Gasteiger partial charge in [-0.15, -0.1) is 0 Å². The first-order chi connectivity index (χ1) is 9.69. The van der Waals surface area contributed by atoms with Gasteiger partial charge in [0.05, 0.1) is 12.6 Å². The third-order valence-electron chi connectivity index (χ3n) is 3.34. The number of hydrogen-bond acceptors (Lipinski definition) is 3. The number of pyridine rings is 2. The third-order valence-corrected chi connectivity index (χ3v) is 3.34. The van der Waals surface area contributed by atoms with E-state index in [0.717, 1.165) is 27.6 Å². The van der Waals surface area contributed by atoms with Crippen molar-refractivity contribution in [1.29, 1.82) is 0 Å². The molecule has 100 valence electrons. The summed E-state index contributed by atoms with van der Waals surface area (Å²) in [5.41, 5.74) is 3.55. The summed E-state index contributed by atoms with van der Waals surface area (Å²) in [7, 11) is 1.60. The first-order valence-corrected chi connectivity index (χ1v) is 6.31. The minimum atomic E-state index is -0.123. The molecule has 4 nitrogen and oxygen atoms in total. The smallest absolute Gasteiger partial charge is 0.248 e. The number of aromatic amines is 1. The van der Waals surface area contributed by atoms with Gasteiger partial charge in [0.15, 0.2) is 0 Å². The van der Waals surface area contributed by atoms with Crippen molar-refractivity contribution >= 4 is 10.9 Å². The maximum Gasteiger partial charge on any atom is 0.248 e. The fourth-order valence-corrected chi connectivity index (χ4v) is 2.35. The summed E-state index contributed by atoms with van der Waals surface area (Å²) in [4.78, 5) is 18.6. The lowest BCUT2D eigenvalue weighted by Crippen LogP contribution is -2.06. The van der Waals surface area contributed by atoms with Gasteiger partial charge in [-0.2, -0.15) is 0 Å². The first-order valence-electron chi connectivity index (χ1n) is 6.31. The highest BCUT2D eigenvalue weighted by Crippen LogP contribution is 2.31. The molecule has 0 aliphatic heterocycles. The first kappa shape index (κ1) is 12.4. The molecule has 0 unspecified atom stereocenters. The van der Waals surface area contributed by atoms with E-state index in [1.807, 2.05) is 37.4 Å². The van der Waals surface area contributed by atoms with E-state index in [9.17, 15) is 4.79 Å². The summed E-state index contributed by atoms with van der Waals surface area (Å²) < 4.78 is 5.41. The molecule has 0 spiro atoms. The number of aromatic nitrogens is 2. The second-order valence-electron chi connectivity index (χ2n) is 4.66. The lowest BCUT2D eigenvalue weighted by Gasteiger charge is -2.10. The topological polar surface area (TPSA) is 55.0 Å². The van der Waals surface area contributed by atoms with Gasteiger partial charge < -0.3 is 9.72 Å². The standard InChI is InChI=1S/C16H14N2O2/c1-10-6-15(19)18-16-13(10)7-12(8-14(16)20-2)11-4-3-5-17-9-11/h3-9H,1-2H3,(H,18,19). The van der Waals surface area contributed by atoms with Crippen LogP contribution in [0.2, 0.25) is 0 Å². The number of ether oxygens (including phenoxy) is 1. The summed E-state index contributed by atoms with van der Waals surface area (Å²) in [6.45, 7) is 1.92. The quantitative estimate of drug-likeness (QED) is 0.776. The average Bonchev–Trinajstić information content (AvgIpc) is 2.47. The van der Waals surface area contributed by atoms with Crippen molar-refractivity contribution in [3.05, 3.63) is 58.6 Å². The number of hydrogen-bond donors (Lipinski definition) is 1. The number of benzene rings is 1. The van der Waals surface area contributed by atoms with Gasteiger partial charge in [-0.25, -0.2) is 0 Å². The molecule has 0 saturated heterocycles. The lowest BCUT2D eigenvalue weighted by atomic mass is 10.0. The molecule has 3 aromatic rings. The van der Waals surface area contributed by atoms with Crippen LogP contribution < -0.4 is 10.3 Å². The fourth-order valence-electron chi connectivity index (χ4n) is 2.35. The van der Waals surface area contributed by atoms with Gasteiger partial charge in [-0.1, -0.05) is 6.07 Å². The zero-order valence-corrected chi connectivity index (χ0v) is 11.3. The predicted molar refractivity (Wildman–Crippen MR) is 79.1 cm³/mol. The van der Waals surface area contributed by atoms with Gasteiger partial charge in [-0.3, -0.25) is 9.78 Å². The van der Waals surface area contributed by atoms with E-state index in [-0.39, 0.29) is 5.56 Å². The SMILES string of the molecule is COc1cc(-c2cccnc2)cc2c(C)cc(=O)[nH]c12. The van der Waals surface area contributed by atoms with E-state index in [1.54, 1.807) is 19.4 Å². The van der Waals surface area contributed by atoms with Gasteiger partial charge in [0, 0.05) is 29.4 Å². The molecule has 0 atom stereocenters. The Morgan fingerprint density at radius 2 is 2.05 bits per heavy atom. The van der Waals surface area contributed by atoms with E-state index < -0.39 is 0 Å². The van der Waals surface area contributed by atoms with E-state index >= 15 is 0 Å². The molecule has 0 aliphatic rings. The maximum atomic E-state index is 11.6. The minimum Gasteiger partial charge on any atom is -0.495 e. The van der Waals surface area contributed by atoms with Gasteiger partial charge in [0.2, 0.25) is 5.56 Å². The molecule has 1 N–H and O–H groups in total. The molecule has 1 aromatic carbocycles. The lowest BCUT2D eigenvalue weighted by molar-refractivity contribution is 0.419. The Labute approximate surface area is 116 Å². The Kier molecular flexibility index (Phi) is 2.99.